The van der Waals surface area contributed by atoms with E-state index in [4.69, 9.17) is 17.3 Å². The van der Waals surface area contributed by atoms with Crippen LogP contribution < -0.4 is 11.1 Å². The summed E-state index contributed by atoms with van der Waals surface area (Å²) >= 11 is 5.74. The molecule has 0 saturated carbocycles. The Morgan fingerprint density at radius 3 is 2.50 bits per heavy atom. The number of rotatable bonds is 4. The first-order chi connectivity index (χ1) is 7.08. The van der Waals surface area contributed by atoms with E-state index in [0.29, 0.717) is 18.0 Å². The predicted octanol–water partition coefficient (Wildman–Crippen LogP) is 2.12. The van der Waals surface area contributed by atoms with Crippen molar-refractivity contribution in [2.75, 3.05) is 0 Å². The van der Waals surface area contributed by atoms with E-state index in [1.807, 2.05) is 19.1 Å². The Labute approximate surface area is 107 Å². The van der Waals surface area contributed by atoms with Crippen LogP contribution in [0, 0.1) is 0 Å². The maximum atomic E-state index is 11.3. The van der Waals surface area contributed by atoms with E-state index in [1.165, 1.54) is 0 Å². The van der Waals surface area contributed by atoms with Gasteiger partial charge in [0.25, 0.3) is 0 Å². The number of carbonyl (C=O) groups excluding carboxylic acids is 1. The quantitative estimate of drug-likeness (QED) is 0.874. The van der Waals surface area contributed by atoms with E-state index in [9.17, 15) is 4.79 Å². The van der Waals surface area contributed by atoms with Crippen molar-refractivity contribution >= 4 is 29.9 Å². The molecule has 1 rings (SSSR count). The van der Waals surface area contributed by atoms with Crippen LogP contribution in [0.15, 0.2) is 24.3 Å². The molecule has 0 aliphatic heterocycles. The molecule has 0 aliphatic rings. The van der Waals surface area contributed by atoms with E-state index in [2.05, 4.69) is 5.32 Å². The third-order valence-electron chi connectivity index (χ3n) is 1.91. The molecule has 90 valence electrons. The molecule has 1 amide bonds. The maximum Gasteiger partial charge on any atom is 0.221 e. The lowest BCUT2D eigenvalue weighted by Crippen LogP contribution is -2.29. The highest BCUT2D eigenvalue weighted by atomic mass is 35.5. The molecule has 0 aliphatic carbocycles. The zero-order valence-corrected chi connectivity index (χ0v) is 10.6. The van der Waals surface area contributed by atoms with Crippen molar-refractivity contribution in [3.63, 3.8) is 0 Å². The molecule has 0 saturated heterocycles. The zero-order chi connectivity index (χ0) is 11.3. The van der Waals surface area contributed by atoms with Crippen LogP contribution in [-0.4, -0.2) is 11.9 Å². The van der Waals surface area contributed by atoms with Crippen molar-refractivity contribution in [2.24, 2.45) is 5.73 Å². The van der Waals surface area contributed by atoms with Gasteiger partial charge in [-0.05, 0) is 24.6 Å². The Morgan fingerprint density at radius 2 is 2.00 bits per heavy atom. The first-order valence-corrected chi connectivity index (χ1v) is 5.22. The molecule has 0 spiro atoms. The van der Waals surface area contributed by atoms with Gasteiger partial charge in [-0.1, -0.05) is 23.7 Å². The molecule has 1 atom stereocenters. The normalized spacial score (nSPS) is 11.4. The first-order valence-electron chi connectivity index (χ1n) is 4.84. The second kappa shape index (κ2) is 7.49. The van der Waals surface area contributed by atoms with E-state index in [0.717, 1.165) is 5.56 Å². The molecule has 0 heterocycles. The minimum atomic E-state index is -0.102. The van der Waals surface area contributed by atoms with Gasteiger partial charge in [0.15, 0.2) is 0 Å². The fourth-order valence-corrected chi connectivity index (χ4v) is 1.29. The van der Waals surface area contributed by atoms with Gasteiger partial charge in [-0.2, -0.15) is 0 Å². The van der Waals surface area contributed by atoms with Crippen molar-refractivity contribution in [3.8, 4) is 0 Å². The molecular formula is C11H16Cl2N2O. The molecule has 3 N–H and O–H groups in total. The Kier molecular flexibility index (Phi) is 7.13. The van der Waals surface area contributed by atoms with Gasteiger partial charge in [0.05, 0.1) is 0 Å². The van der Waals surface area contributed by atoms with Crippen LogP contribution in [0.5, 0.6) is 0 Å². The average Bonchev–Trinajstić information content (AvgIpc) is 2.16. The molecule has 5 heteroatoms. The molecule has 0 fully saturated rings. The van der Waals surface area contributed by atoms with Gasteiger partial charge < -0.3 is 11.1 Å². The van der Waals surface area contributed by atoms with Crippen LogP contribution in [0.3, 0.4) is 0 Å². The molecule has 1 aromatic rings. The molecule has 16 heavy (non-hydrogen) atoms. The van der Waals surface area contributed by atoms with Crippen LogP contribution in [0.2, 0.25) is 5.02 Å². The van der Waals surface area contributed by atoms with Gasteiger partial charge in [0.1, 0.15) is 0 Å². The van der Waals surface area contributed by atoms with Gasteiger partial charge in [-0.25, -0.2) is 0 Å². The Hall–Kier alpha value is -0.770. The number of nitrogens with two attached hydrogens (primary N) is 1. The summed E-state index contributed by atoms with van der Waals surface area (Å²) in [6.45, 7) is 2.32. The molecule has 0 aromatic heterocycles. The lowest BCUT2D eigenvalue weighted by molar-refractivity contribution is -0.121. The van der Waals surface area contributed by atoms with Gasteiger partial charge in [-0.15, -0.1) is 12.4 Å². The summed E-state index contributed by atoms with van der Waals surface area (Å²) in [5, 5.41) is 3.48. The van der Waals surface area contributed by atoms with E-state index in [-0.39, 0.29) is 24.4 Å². The Balaban J connectivity index is 0.00000225. The summed E-state index contributed by atoms with van der Waals surface area (Å²) in [6, 6.07) is 7.27. The smallest absolute Gasteiger partial charge is 0.221 e. The van der Waals surface area contributed by atoms with Gasteiger partial charge in [0, 0.05) is 24.0 Å². The van der Waals surface area contributed by atoms with Crippen LogP contribution in [0.1, 0.15) is 18.9 Å². The lowest BCUT2D eigenvalue weighted by Gasteiger charge is -2.07. The number of nitrogens with one attached hydrogen (secondary N) is 1. The average molecular weight is 263 g/mol. The standard InChI is InChI=1S/C11H15ClN2O.ClH/c1-8(13)6-11(15)14-7-9-2-4-10(12)5-3-9;/h2-5,8H,6-7,13H2,1H3,(H,14,15);1H. The topological polar surface area (TPSA) is 55.1 Å². The third kappa shape index (κ3) is 5.95. The zero-order valence-electron chi connectivity index (χ0n) is 9.07. The highest BCUT2D eigenvalue weighted by Gasteiger charge is 2.03. The first kappa shape index (κ1) is 15.2. The second-order valence-electron chi connectivity index (χ2n) is 3.58. The molecule has 3 nitrogen and oxygen atoms in total. The molecular weight excluding hydrogens is 247 g/mol. The van der Waals surface area contributed by atoms with Crippen molar-refractivity contribution in [3.05, 3.63) is 34.9 Å². The predicted molar refractivity (Wildman–Crippen MR) is 68.8 cm³/mol. The number of hydrogen-bond donors (Lipinski definition) is 2. The highest BCUT2D eigenvalue weighted by molar-refractivity contribution is 6.30. The van der Waals surface area contributed by atoms with Crippen molar-refractivity contribution < 1.29 is 4.79 Å². The fraction of sp³-hybridized carbons (Fsp3) is 0.364. The van der Waals surface area contributed by atoms with Crippen LogP contribution >= 0.6 is 24.0 Å². The number of amides is 1. The Morgan fingerprint density at radius 1 is 1.44 bits per heavy atom. The number of benzene rings is 1. The summed E-state index contributed by atoms with van der Waals surface area (Å²) in [6.07, 6.45) is 0.355. The largest absolute Gasteiger partial charge is 0.352 e. The van der Waals surface area contributed by atoms with Crippen LogP contribution in [0.4, 0.5) is 0 Å². The van der Waals surface area contributed by atoms with Crippen molar-refractivity contribution in [2.45, 2.75) is 25.9 Å². The molecule has 0 radical (unpaired) electrons. The summed E-state index contributed by atoms with van der Waals surface area (Å²) < 4.78 is 0. The Bertz CT molecular complexity index is 325. The number of carbonyl (C=O) groups is 1. The van der Waals surface area contributed by atoms with Gasteiger partial charge >= 0.3 is 0 Å². The van der Waals surface area contributed by atoms with E-state index >= 15 is 0 Å². The van der Waals surface area contributed by atoms with E-state index < -0.39 is 0 Å². The summed E-state index contributed by atoms with van der Waals surface area (Å²) in [4.78, 5) is 11.3. The summed E-state index contributed by atoms with van der Waals surface area (Å²) in [5.41, 5.74) is 6.53. The third-order valence-corrected chi connectivity index (χ3v) is 2.16. The maximum absolute atomic E-state index is 11.3. The van der Waals surface area contributed by atoms with Crippen molar-refractivity contribution in [1.82, 2.24) is 5.32 Å². The number of halogens is 2. The SMILES string of the molecule is CC(N)CC(=O)NCc1ccc(Cl)cc1.Cl. The van der Waals surface area contributed by atoms with Gasteiger partial charge in [-0.3, -0.25) is 4.79 Å². The van der Waals surface area contributed by atoms with Crippen LogP contribution in [-0.2, 0) is 11.3 Å². The van der Waals surface area contributed by atoms with E-state index in [1.54, 1.807) is 12.1 Å². The summed E-state index contributed by atoms with van der Waals surface area (Å²) in [5.74, 6) is -0.0278. The molecule has 0 bridgehead atoms. The fourth-order valence-electron chi connectivity index (χ4n) is 1.17. The minimum absolute atomic E-state index is 0. The highest BCUT2D eigenvalue weighted by Crippen LogP contribution is 2.09. The minimum Gasteiger partial charge on any atom is -0.352 e. The molecule has 1 aromatic carbocycles. The van der Waals surface area contributed by atoms with Crippen molar-refractivity contribution in [1.29, 1.82) is 0 Å². The van der Waals surface area contributed by atoms with Crippen LogP contribution in [0.25, 0.3) is 0 Å². The molecule has 1 unspecified atom stereocenters. The monoisotopic (exact) mass is 262 g/mol. The van der Waals surface area contributed by atoms with Gasteiger partial charge in [0.2, 0.25) is 5.91 Å². The lowest BCUT2D eigenvalue weighted by atomic mass is 10.2. The summed E-state index contributed by atoms with van der Waals surface area (Å²) in [7, 11) is 0. The second-order valence-corrected chi connectivity index (χ2v) is 4.02. The number of hydrogen-bond acceptors (Lipinski definition) is 2.